The Balaban J connectivity index is 0.00000162. The van der Waals surface area contributed by atoms with Crippen LogP contribution in [0.2, 0.25) is 0 Å². The average Bonchev–Trinajstić information content (AvgIpc) is 2.28. The first-order valence-corrected chi connectivity index (χ1v) is 6.10. The smallest absolute Gasteiger partial charge is 0.127 e. The van der Waals surface area contributed by atoms with Crippen LogP contribution in [0.25, 0.3) is 0 Å². The van der Waals surface area contributed by atoms with E-state index in [1.54, 1.807) is 0 Å². The molecule has 18 heavy (non-hydrogen) atoms. The third kappa shape index (κ3) is 3.00. The molecule has 2 rings (SSSR count). The van der Waals surface area contributed by atoms with Gasteiger partial charge < -0.3 is 21.1 Å². The maximum Gasteiger partial charge on any atom is 0.127 e. The van der Waals surface area contributed by atoms with Crippen LogP contribution in [0.4, 0.5) is 0 Å². The molecule has 5 N–H and O–H groups in total. The second kappa shape index (κ2) is 6.16. The molecule has 1 atom stereocenters. The van der Waals surface area contributed by atoms with Crippen molar-refractivity contribution in [3.8, 4) is 17.2 Å². The van der Waals surface area contributed by atoms with Crippen LogP contribution in [-0.4, -0.2) is 15.3 Å². The summed E-state index contributed by atoms with van der Waals surface area (Å²) in [7, 11) is 0. The Kier molecular flexibility index (Phi) is 5.11. The molecule has 0 aromatic heterocycles. The summed E-state index contributed by atoms with van der Waals surface area (Å²) in [5.41, 5.74) is 6.48. The summed E-state index contributed by atoms with van der Waals surface area (Å²) in [4.78, 5) is 0. The molecule has 0 amide bonds. The fraction of sp³-hybridized carbons (Fsp3) is 0.538. The molecule has 0 unspecified atom stereocenters. The minimum absolute atomic E-state index is 0. The van der Waals surface area contributed by atoms with Gasteiger partial charge in [-0.25, -0.2) is 0 Å². The summed E-state index contributed by atoms with van der Waals surface area (Å²) in [5.74, 6) is -0.106. The number of phenols is 3. The normalized spacial score (nSPS) is 18.1. The fourth-order valence-electron chi connectivity index (χ4n) is 2.68. The van der Waals surface area contributed by atoms with Gasteiger partial charge in [-0.3, -0.25) is 0 Å². The zero-order valence-electron chi connectivity index (χ0n) is 10.2. The number of phenolic OH excluding ortho intramolecular Hbond substituents is 3. The molecule has 0 radical (unpaired) electrons. The Labute approximate surface area is 113 Å². The number of benzene rings is 1. The van der Waals surface area contributed by atoms with E-state index in [1.165, 1.54) is 18.6 Å². The van der Waals surface area contributed by atoms with Gasteiger partial charge in [-0.05, 0) is 18.8 Å². The minimum atomic E-state index is -0.365. The van der Waals surface area contributed by atoms with E-state index in [2.05, 4.69) is 0 Å². The van der Waals surface area contributed by atoms with E-state index in [4.69, 9.17) is 5.73 Å². The third-order valence-corrected chi connectivity index (χ3v) is 3.61. The summed E-state index contributed by atoms with van der Waals surface area (Å²) in [5, 5.41) is 28.8. The average molecular weight is 274 g/mol. The predicted octanol–water partition coefficient (Wildman–Crippen LogP) is 2.81. The molecule has 1 aromatic rings. The first kappa shape index (κ1) is 14.9. The Bertz CT molecular complexity index is 382. The lowest BCUT2D eigenvalue weighted by Crippen LogP contribution is -2.23. The summed E-state index contributed by atoms with van der Waals surface area (Å²) in [6, 6.07) is 2.08. The second-order valence-electron chi connectivity index (χ2n) is 4.82. The maximum atomic E-state index is 9.77. The van der Waals surface area contributed by atoms with Crippen molar-refractivity contribution in [2.45, 2.75) is 38.1 Å². The van der Waals surface area contributed by atoms with E-state index in [9.17, 15) is 15.3 Å². The van der Waals surface area contributed by atoms with Crippen LogP contribution in [0.1, 0.15) is 43.7 Å². The van der Waals surface area contributed by atoms with E-state index in [0.717, 1.165) is 25.7 Å². The van der Waals surface area contributed by atoms with Gasteiger partial charge in [0.25, 0.3) is 0 Å². The van der Waals surface area contributed by atoms with Crippen molar-refractivity contribution < 1.29 is 15.3 Å². The number of rotatable bonds is 2. The highest BCUT2D eigenvalue weighted by Gasteiger charge is 2.26. The monoisotopic (exact) mass is 273 g/mol. The van der Waals surface area contributed by atoms with Gasteiger partial charge in [0.05, 0.1) is 5.56 Å². The van der Waals surface area contributed by atoms with E-state index >= 15 is 0 Å². The van der Waals surface area contributed by atoms with Crippen molar-refractivity contribution in [2.24, 2.45) is 11.7 Å². The number of hydrogen-bond donors (Lipinski definition) is 4. The highest BCUT2D eigenvalue weighted by Crippen LogP contribution is 2.41. The van der Waals surface area contributed by atoms with Crippen molar-refractivity contribution in [1.82, 2.24) is 0 Å². The molecule has 1 saturated carbocycles. The lowest BCUT2D eigenvalue weighted by molar-refractivity contribution is 0.296. The van der Waals surface area contributed by atoms with E-state index in [-0.39, 0.29) is 35.7 Å². The minimum Gasteiger partial charge on any atom is -0.508 e. The maximum absolute atomic E-state index is 9.77. The molecule has 0 aliphatic heterocycles. The third-order valence-electron chi connectivity index (χ3n) is 3.61. The van der Waals surface area contributed by atoms with E-state index in [1.807, 2.05) is 0 Å². The van der Waals surface area contributed by atoms with Crippen LogP contribution >= 0.6 is 12.4 Å². The van der Waals surface area contributed by atoms with Gasteiger partial charge in [0.15, 0.2) is 0 Å². The molecule has 1 aliphatic carbocycles. The molecule has 4 nitrogen and oxygen atoms in total. The molecule has 0 saturated heterocycles. The highest BCUT2D eigenvalue weighted by atomic mass is 35.5. The Morgan fingerprint density at radius 3 is 2.00 bits per heavy atom. The highest BCUT2D eigenvalue weighted by molar-refractivity contribution is 5.85. The van der Waals surface area contributed by atoms with Crippen molar-refractivity contribution >= 4 is 12.4 Å². The molecule has 102 valence electrons. The van der Waals surface area contributed by atoms with Crippen molar-refractivity contribution in [2.75, 3.05) is 0 Å². The summed E-state index contributed by atoms with van der Waals surface area (Å²) >= 11 is 0. The lowest BCUT2D eigenvalue weighted by Gasteiger charge is -2.28. The Hall–Kier alpha value is -1.13. The van der Waals surface area contributed by atoms with Crippen LogP contribution in [0.5, 0.6) is 17.2 Å². The number of nitrogens with two attached hydrogens (primary N) is 1. The number of hydrogen-bond acceptors (Lipinski definition) is 4. The lowest BCUT2D eigenvalue weighted by atomic mass is 9.81. The number of halogens is 1. The van der Waals surface area contributed by atoms with Gasteiger partial charge in [-0.15, -0.1) is 12.4 Å². The van der Waals surface area contributed by atoms with Gasteiger partial charge >= 0.3 is 0 Å². The quantitative estimate of drug-likeness (QED) is 0.667. The van der Waals surface area contributed by atoms with Crippen LogP contribution < -0.4 is 5.73 Å². The van der Waals surface area contributed by atoms with Gasteiger partial charge in [0, 0.05) is 18.2 Å². The van der Waals surface area contributed by atoms with Crippen LogP contribution in [0, 0.1) is 5.92 Å². The van der Waals surface area contributed by atoms with Crippen molar-refractivity contribution in [3.05, 3.63) is 17.7 Å². The van der Waals surface area contributed by atoms with Gasteiger partial charge in [0.1, 0.15) is 17.2 Å². The van der Waals surface area contributed by atoms with Crippen LogP contribution in [0.15, 0.2) is 12.1 Å². The molecule has 1 aliphatic rings. The summed E-state index contributed by atoms with van der Waals surface area (Å²) < 4.78 is 0. The summed E-state index contributed by atoms with van der Waals surface area (Å²) in [6.07, 6.45) is 5.59. The van der Waals surface area contributed by atoms with E-state index < -0.39 is 0 Å². The van der Waals surface area contributed by atoms with Gasteiger partial charge in [0.2, 0.25) is 0 Å². The standard InChI is InChI=1S/C13H19NO3.ClH/c14-13(8-4-2-1-3-5-8)12-10(16)6-9(15)7-11(12)17;/h6-8,13,15-17H,1-5,14H2;1H/t13-;/m0./s1. The zero-order valence-corrected chi connectivity index (χ0v) is 11.0. The molecule has 5 heteroatoms. The molecule has 1 aromatic carbocycles. The first-order valence-electron chi connectivity index (χ1n) is 6.10. The van der Waals surface area contributed by atoms with Gasteiger partial charge in [-0.2, -0.15) is 0 Å². The predicted molar refractivity (Wildman–Crippen MR) is 72.2 cm³/mol. The van der Waals surface area contributed by atoms with Crippen molar-refractivity contribution in [1.29, 1.82) is 0 Å². The molecule has 0 spiro atoms. The molecule has 0 heterocycles. The fourth-order valence-corrected chi connectivity index (χ4v) is 2.68. The van der Waals surface area contributed by atoms with E-state index in [0.29, 0.717) is 11.5 Å². The second-order valence-corrected chi connectivity index (χ2v) is 4.82. The molecular weight excluding hydrogens is 254 g/mol. The zero-order chi connectivity index (χ0) is 12.4. The molecular formula is C13H20ClNO3. The largest absolute Gasteiger partial charge is 0.508 e. The van der Waals surface area contributed by atoms with Crippen LogP contribution in [0.3, 0.4) is 0 Å². The SMILES string of the molecule is Cl.N[C@H](c1c(O)cc(O)cc1O)C1CCCCC1. The summed E-state index contributed by atoms with van der Waals surface area (Å²) in [6.45, 7) is 0. The van der Waals surface area contributed by atoms with Gasteiger partial charge in [-0.1, -0.05) is 19.3 Å². The topological polar surface area (TPSA) is 86.7 Å². The molecule has 0 bridgehead atoms. The Morgan fingerprint density at radius 1 is 1.00 bits per heavy atom. The number of aromatic hydroxyl groups is 3. The van der Waals surface area contributed by atoms with Crippen molar-refractivity contribution in [3.63, 3.8) is 0 Å². The van der Waals surface area contributed by atoms with Crippen LogP contribution in [-0.2, 0) is 0 Å². The first-order chi connectivity index (χ1) is 8.09. The Morgan fingerprint density at radius 2 is 1.50 bits per heavy atom. The molecule has 1 fully saturated rings.